The van der Waals surface area contributed by atoms with Gasteiger partial charge >= 0.3 is 22.4 Å². The molecule has 14 heteroatoms. The van der Waals surface area contributed by atoms with E-state index in [0.717, 1.165) is 46.9 Å². The predicted octanol–water partition coefficient (Wildman–Crippen LogP) is 4.56. The van der Waals surface area contributed by atoms with Crippen LogP contribution in [0.3, 0.4) is 0 Å². The first kappa shape index (κ1) is 47.5. The van der Waals surface area contributed by atoms with E-state index in [1.807, 2.05) is 73.8 Å². The van der Waals surface area contributed by atoms with Gasteiger partial charge in [0, 0.05) is 49.6 Å². The molecule has 0 aliphatic heterocycles. The maximum Gasteiger partial charge on any atom is 1.00 e. The molecule has 4 heterocycles. The molecule has 50 heavy (non-hydrogen) atoms. The third-order valence-electron chi connectivity index (χ3n) is 7.51. The Morgan fingerprint density at radius 2 is 0.480 bits per heavy atom. The Bertz CT molecular complexity index is 1260. The van der Waals surface area contributed by atoms with Crippen molar-refractivity contribution in [3.63, 3.8) is 0 Å². The van der Waals surface area contributed by atoms with Gasteiger partial charge in [-0.15, -0.1) is 0 Å². The van der Waals surface area contributed by atoms with Gasteiger partial charge in [0.15, 0.2) is 22.3 Å². The quantitative estimate of drug-likeness (QED) is 0.130. The molecule has 4 unspecified atom stereocenters. The van der Waals surface area contributed by atoms with Crippen molar-refractivity contribution in [3.8, 4) is 0 Å². The first-order valence-corrected chi connectivity index (χ1v) is 22.7. The van der Waals surface area contributed by atoms with E-state index in [-0.39, 0.29) is 67.0 Å². The molecule has 0 spiro atoms. The van der Waals surface area contributed by atoms with Crippen molar-refractivity contribution in [1.29, 1.82) is 0 Å². The molecule has 0 saturated heterocycles. The van der Waals surface area contributed by atoms with Crippen LogP contribution in [0.1, 0.15) is 83.1 Å². The van der Waals surface area contributed by atoms with Crippen molar-refractivity contribution >= 4 is 53.9 Å². The van der Waals surface area contributed by atoms with Crippen molar-refractivity contribution in [2.75, 3.05) is 24.6 Å². The van der Waals surface area contributed by atoms with Gasteiger partial charge in [-0.2, -0.15) is 0 Å². The molecule has 0 saturated carbocycles. The molecule has 4 aromatic rings. The number of hydrogen-bond donors (Lipinski definition) is 0. The Hall–Kier alpha value is -0.490. The predicted molar refractivity (Wildman–Crippen MR) is 213 cm³/mol. The van der Waals surface area contributed by atoms with Crippen molar-refractivity contribution in [2.45, 2.75) is 104 Å². The monoisotopic (exact) mass is 1050 g/mol. The van der Waals surface area contributed by atoms with Crippen LogP contribution >= 0.6 is 31.7 Å². The van der Waals surface area contributed by atoms with E-state index >= 15 is 0 Å². The molecular weight excluding hydrogens is 992 g/mol. The Labute approximate surface area is 339 Å². The summed E-state index contributed by atoms with van der Waals surface area (Å²) in [6.45, 7) is 27.6. The number of aromatic nitrogens is 8. The van der Waals surface area contributed by atoms with Gasteiger partial charge in [-0.3, -0.25) is 0 Å². The van der Waals surface area contributed by atoms with Gasteiger partial charge in [-0.1, -0.05) is 83.1 Å². The molecule has 278 valence electrons. The standard InChI is InChI=1S/2C18H28N4P2.Au.HI/c2*1-17(2,3)23(15-19-9-7-10-20-15)13-14-24(18(4,5)6)16-21-11-8-12-22-16;;/h2*7-12H,13-14H2,1-6H3;;1H/q;;+1;/p-1. The fourth-order valence-corrected chi connectivity index (χ4v) is 15.8. The zero-order valence-electron chi connectivity index (χ0n) is 31.8. The van der Waals surface area contributed by atoms with Gasteiger partial charge in [0.05, 0.1) is 0 Å². The molecule has 4 aromatic heterocycles. The van der Waals surface area contributed by atoms with E-state index in [1.165, 1.54) is 0 Å². The molecule has 0 amide bonds. The average Bonchev–Trinajstić information content (AvgIpc) is 3.01. The Balaban J connectivity index is 0.000000481. The number of halogens is 1. The molecule has 4 atom stereocenters. The Morgan fingerprint density at radius 1 is 0.340 bits per heavy atom. The summed E-state index contributed by atoms with van der Waals surface area (Å²) < 4.78 is 0. The fraction of sp³-hybridized carbons (Fsp3) is 0.556. The summed E-state index contributed by atoms with van der Waals surface area (Å²) in [7, 11) is -1.71. The molecule has 0 N–H and O–H groups in total. The summed E-state index contributed by atoms with van der Waals surface area (Å²) in [5, 5.41) is 0.750. The van der Waals surface area contributed by atoms with Crippen LogP contribution in [0.15, 0.2) is 73.8 Å². The summed E-state index contributed by atoms with van der Waals surface area (Å²) in [6.07, 6.45) is 19.3. The van der Waals surface area contributed by atoms with Crippen LogP contribution in [0, 0.1) is 0 Å². The minimum Gasteiger partial charge on any atom is -1.00 e. The van der Waals surface area contributed by atoms with Crippen LogP contribution in [0.4, 0.5) is 0 Å². The molecule has 0 radical (unpaired) electrons. The zero-order chi connectivity index (χ0) is 35.6. The maximum absolute atomic E-state index is 4.55. The van der Waals surface area contributed by atoms with Crippen LogP contribution in [-0.4, -0.2) is 85.1 Å². The second-order valence-electron chi connectivity index (χ2n) is 15.5. The van der Waals surface area contributed by atoms with Gasteiger partial charge in [-0.25, -0.2) is 39.9 Å². The summed E-state index contributed by atoms with van der Waals surface area (Å²) in [5.41, 5.74) is 4.05. The second kappa shape index (κ2) is 21.4. The first-order chi connectivity index (χ1) is 22.4. The molecule has 0 fully saturated rings. The van der Waals surface area contributed by atoms with Gasteiger partial charge < -0.3 is 24.0 Å². The number of nitrogens with zero attached hydrogens (tertiary/aromatic N) is 8. The smallest absolute Gasteiger partial charge is 1.00 e. The number of hydrogen-bond acceptors (Lipinski definition) is 8. The van der Waals surface area contributed by atoms with E-state index < -0.39 is 31.7 Å². The minimum atomic E-state index is -0.428. The minimum absolute atomic E-state index is 0. The van der Waals surface area contributed by atoms with Crippen LogP contribution in [0.5, 0.6) is 0 Å². The molecule has 0 aliphatic rings. The van der Waals surface area contributed by atoms with E-state index in [1.54, 1.807) is 0 Å². The van der Waals surface area contributed by atoms with Gasteiger partial charge in [-0.05, 0) is 101 Å². The molecular formula is C36H56AuIN8P4. The van der Waals surface area contributed by atoms with E-state index in [0.29, 0.717) is 0 Å². The molecule has 0 bridgehead atoms. The van der Waals surface area contributed by atoms with E-state index in [9.17, 15) is 0 Å². The summed E-state index contributed by atoms with van der Waals surface area (Å²) >= 11 is 0. The van der Waals surface area contributed by atoms with Gasteiger partial charge in [0.1, 0.15) is 0 Å². The van der Waals surface area contributed by atoms with Crippen molar-refractivity contribution in [1.82, 2.24) is 39.9 Å². The fourth-order valence-electron chi connectivity index (χ4n) is 5.06. The largest absolute Gasteiger partial charge is 1.00 e. The third kappa shape index (κ3) is 15.5. The normalized spacial score (nSPS) is 14.5. The number of rotatable bonds is 10. The Kier molecular flexibility index (Phi) is 20.4. The molecule has 0 aromatic carbocycles. The van der Waals surface area contributed by atoms with Crippen LogP contribution in [-0.2, 0) is 22.4 Å². The summed E-state index contributed by atoms with van der Waals surface area (Å²) in [4.78, 5) is 36.4. The summed E-state index contributed by atoms with van der Waals surface area (Å²) in [5.74, 6) is 0. The molecule has 4 rings (SSSR count). The molecule has 8 nitrogen and oxygen atoms in total. The first-order valence-electron chi connectivity index (χ1n) is 16.6. The van der Waals surface area contributed by atoms with E-state index in [2.05, 4.69) is 123 Å². The van der Waals surface area contributed by atoms with Crippen molar-refractivity contribution in [3.05, 3.63) is 73.8 Å². The van der Waals surface area contributed by atoms with Gasteiger partial charge in [0.2, 0.25) is 0 Å². The average molecular weight is 1050 g/mol. The maximum atomic E-state index is 4.55. The van der Waals surface area contributed by atoms with Crippen LogP contribution < -0.4 is 46.2 Å². The second-order valence-corrected chi connectivity index (χ2v) is 27.7. The Morgan fingerprint density at radius 3 is 0.600 bits per heavy atom. The topological polar surface area (TPSA) is 103 Å². The van der Waals surface area contributed by atoms with Crippen LogP contribution in [0.2, 0.25) is 0 Å². The summed E-state index contributed by atoms with van der Waals surface area (Å²) in [6, 6.07) is 7.55. The van der Waals surface area contributed by atoms with Gasteiger partial charge in [0.25, 0.3) is 0 Å². The SMILES string of the molecule is CC(C)(C)P(CCP(c1ncccn1)C(C)(C)C)c1ncccn1.CC(C)(C)P(CCP(c1ncccn1)C(C)(C)C)c1ncccn1.[Au+].[I-]. The van der Waals surface area contributed by atoms with Crippen LogP contribution in [0.25, 0.3) is 0 Å². The molecule has 0 aliphatic carbocycles. The zero-order valence-corrected chi connectivity index (χ0v) is 39.7. The third-order valence-corrected chi connectivity index (χ3v) is 20.2. The van der Waals surface area contributed by atoms with Crippen molar-refractivity contribution < 1.29 is 46.4 Å². The van der Waals surface area contributed by atoms with E-state index in [4.69, 9.17) is 0 Å². The van der Waals surface area contributed by atoms with Crippen molar-refractivity contribution in [2.24, 2.45) is 0 Å².